The van der Waals surface area contributed by atoms with E-state index >= 15 is 0 Å². The number of carbonyl (C=O) groups excluding carboxylic acids is 1. The number of aromatic nitrogens is 3. The van der Waals surface area contributed by atoms with Crippen LogP contribution in [0, 0.1) is 0 Å². The molecular weight excluding hydrogens is 355 g/mol. The number of anilines is 1. The SMILES string of the molecule is O=C(Nc1c(Cl)cc(Cl)c2nsnc12)c1cccnc1Cl. The van der Waals surface area contributed by atoms with Crippen molar-refractivity contribution >= 4 is 69.2 Å². The summed E-state index contributed by atoms with van der Waals surface area (Å²) in [4.78, 5) is 16.1. The van der Waals surface area contributed by atoms with E-state index in [0.717, 1.165) is 11.7 Å². The molecule has 0 aliphatic rings. The van der Waals surface area contributed by atoms with Crippen LogP contribution < -0.4 is 5.32 Å². The van der Waals surface area contributed by atoms with Crippen LogP contribution in [0.1, 0.15) is 10.4 Å². The summed E-state index contributed by atoms with van der Waals surface area (Å²) in [5, 5.41) is 3.43. The molecule has 0 saturated heterocycles. The van der Waals surface area contributed by atoms with E-state index in [0.29, 0.717) is 21.7 Å². The lowest BCUT2D eigenvalue weighted by molar-refractivity contribution is 0.102. The molecule has 0 radical (unpaired) electrons. The van der Waals surface area contributed by atoms with E-state index in [2.05, 4.69) is 19.0 Å². The zero-order chi connectivity index (χ0) is 15.0. The second-order valence-electron chi connectivity index (χ2n) is 3.97. The van der Waals surface area contributed by atoms with Crippen molar-refractivity contribution < 1.29 is 4.79 Å². The average molecular weight is 360 g/mol. The predicted octanol–water partition coefficient (Wildman–Crippen LogP) is 4.30. The van der Waals surface area contributed by atoms with Gasteiger partial charge in [0.25, 0.3) is 5.91 Å². The van der Waals surface area contributed by atoms with E-state index in [1.165, 1.54) is 12.3 Å². The Hall–Kier alpha value is -1.47. The lowest BCUT2D eigenvalue weighted by Crippen LogP contribution is -2.13. The molecule has 0 bridgehead atoms. The highest BCUT2D eigenvalue weighted by Gasteiger charge is 2.18. The van der Waals surface area contributed by atoms with Crippen LogP contribution in [0.3, 0.4) is 0 Å². The van der Waals surface area contributed by atoms with E-state index in [4.69, 9.17) is 34.8 Å². The van der Waals surface area contributed by atoms with Crippen molar-refractivity contribution in [3.05, 3.63) is 45.2 Å². The summed E-state index contributed by atoms with van der Waals surface area (Å²) in [5.74, 6) is -0.438. The number of carbonyl (C=O) groups is 1. The Morgan fingerprint density at radius 3 is 2.67 bits per heavy atom. The maximum atomic E-state index is 12.3. The third-order valence-corrected chi connectivity index (χ3v) is 4.10. The van der Waals surface area contributed by atoms with Crippen molar-refractivity contribution in [2.45, 2.75) is 0 Å². The molecule has 3 aromatic rings. The zero-order valence-electron chi connectivity index (χ0n) is 10.1. The molecule has 0 spiro atoms. The fourth-order valence-corrected chi connectivity index (χ4v) is 3.09. The van der Waals surface area contributed by atoms with Gasteiger partial charge in [-0.2, -0.15) is 8.75 Å². The number of amides is 1. The van der Waals surface area contributed by atoms with Crippen molar-refractivity contribution in [2.24, 2.45) is 0 Å². The van der Waals surface area contributed by atoms with Gasteiger partial charge in [-0.15, -0.1) is 0 Å². The van der Waals surface area contributed by atoms with E-state index in [9.17, 15) is 4.79 Å². The van der Waals surface area contributed by atoms with Gasteiger partial charge in [0.15, 0.2) is 0 Å². The first kappa shape index (κ1) is 14.5. The van der Waals surface area contributed by atoms with Gasteiger partial charge in [0.2, 0.25) is 0 Å². The molecule has 1 amide bonds. The van der Waals surface area contributed by atoms with Crippen LogP contribution in [-0.4, -0.2) is 19.6 Å². The molecule has 1 N–H and O–H groups in total. The summed E-state index contributed by atoms with van der Waals surface area (Å²) in [6.07, 6.45) is 1.50. The molecule has 2 aromatic heterocycles. The van der Waals surface area contributed by atoms with Crippen LogP contribution in [0.4, 0.5) is 5.69 Å². The third-order valence-electron chi connectivity index (χ3n) is 2.69. The average Bonchev–Trinajstić information content (AvgIpc) is 2.93. The number of halogens is 3. The van der Waals surface area contributed by atoms with E-state index in [1.807, 2.05) is 0 Å². The molecule has 21 heavy (non-hydrogen) atoms. The maximum absolute atomic E-state index is 12.3. The van der Waals surface area contributed by atoms with Gasteiger partial charge in [-0.1, -0.05) is 34.8 Å². The first-order chi connectivity index (χ1) is 10.1. The monoisotopic (exact) mass is 358 g/mol. The lowest BCUT2D eigenvalue weighted by Gasteiger charge is -2.09. The van der Waals surface area contributed by atoms with Crippen molar-refractivity contribution in [2.75, 3.05) is 5.32 Å². The number of hydrogen-bond acceptors (Lipinski definition) is 5. The summed E-state index contributed by atoms with van der Waals surface area (Å²) in [5.41, 5.74) is 1.50. The summed E-state index contributed by atoms with van der Waals surface area (Å²) in [6, 6.07) is 4.68. The van der Waals surface area contributed by atoms with Gasteiger partial charge in [0, 0.05) is 6.20 Å². The Labute approximate surface area is 138 Å². The first-order valence-corrected chi connectivity index (χ1v) is 7.46. The molecular formula is C12H5Cl3N4OS. The largest absolute Gasteiger partial charge is 0.319 e. The summed E-state index contributed by atoms with van der Waals surface area (Å²) < 4.78 is 8.18. The number of rotatable bonds is 2. The van der Waals surface area contributed by atoms with E-state index < -0.39 is 5.91 Å². The molecule has 0 aliphatic heterocycles. The smallest absolute Gasteiger partial charge is 0.258 e. The van der Waals surface area contributed by atoms with E-state index in [1.54, 1.807) is 12.1 Å². The van der Waals surface area contributed by atoms with Gasteiger partial charge in [-0.3, -0.25) is 4.79 Å². The molecule has 9 heteroatoms. The number of fused-ring (bicyclic) bond motifs is 1. The van der Waals surface area contributed by atoms with E-state index in [-0.39, 0.29) is 15.7 Å². The number of nitrogens with one attached hydrogen (secondary N) is 1. The summed E-state index contributed by atoms with van der Waals surface area (Å²) >= 11 is 19.0. The molecule has 106 valence electrons. The third kappa shape index (κ3) is 2.67. The van der Waals surface area contributed by atoms with Crippen molar-refractivity contribution in [1.82, 2.24) is 13.7 Å². The number of benzene rings is 1. The van der Waals surface area contributed by atoms with Crippen molar-refractivity contribution in [3.8, 4) is 0 Å². The summed E-state index contributed by atoms with van der Waals surface area (Å²) in [6.45, 7) is 0. The van der Waals surface area contributed by atoms with Crippen molar-refractivity contribution in [1.29, 1.82) is 0 Å². The maximum Gasteiger partial charge on any atom is 0.258 e. The van der Waals surface area contributed by atoms with Crippen LogP contribution >= 0.6 is 46.5 Å². The Balaban J connectivity index is 2.05. The first-order valence-electron chi connectivity index (χ1n) is 5.60. The Kier molecular flexibility index (Phi) is 3.95. The minimum absolute atomic E-state index is 0.104. The molecule has 1 aromatic carbocycles. The van der Waals surface area contributed by atoms with Gasteiger partial charge < -0.3 is 5.32 Å². The second-order valence-corrected chi connectivity index (χ2v) is 5.67. The van der Waals surface area contributed by atoms with Crippen LogP contribution in [-0.2, 0) is 0 Å². The van der Waals surface area contributed by atoms with Crippen LogP contribution in [0.15, 0.2) is 24.4 Å². The fraction of sp³-hybridized carbons (Fsp3) is 0. The van der Waals surface area contributed by atoms with Gasteiger partial charge in [0.1, 0.15) is 16.2 Å². The van der Waals surface area contributed by atoms with Gasteiger partial charge >= 0.3 is 0 Å². The highest BCUT2D eigenvalue weighted by molar-refractivity contribution is 7.00. The molecule has 0 unspecified atom stereocenters. The molecule has 0 saturated carbocycles. The van der Waals surface area contributed by atoms with Crippen molar-refractivity contribution in [3.63, 3.8) is 0 Å². The zero-order valence-corrected chi connectivity index (χ0v) is 13.2. The second kappa shape index (κ2) is 5.73. The van der Waals surface area contributed by atoms with Crippen LogP contribution in [0.5, 0.6) is 0 Å². The topological polar surface area (TPSA) is 67.8 Å². The normalized spacial score (nSPS) is 10.8. The number of nitrogens with zero attached hydrogens (tertiary/aromatic N) is 3. The molecule has 2 heterocycles. The minimum atomic E-state index is -0.438. The predicted molar refractivity (Wildman–Crippen MR) is 84.6 cm³/mol. The highest BCUT2D eigenvalue weighted by Crippen LogP contribution is 2.35. The summed E-state index contributed by atoms with van der Waals surface area (Å²) in [7, 11) is 0. The molecule has 5 nitrogen and oxygen atoms in total. The number of pyridine rings is 1. The molecule has 0 aliphatic carbocycles. The van der Waals surface area contributed by atoms with Crippen LogP contribution in [0.25, 0.3) is 11.0 Å². The highest BCUT2D eigenvalue weighted by atomic mass is 35.5. The van der Waals surface area contributed by atoms with Gasteiger partial charge in [-0.25, -0.2) is 4.98 Å². The fourth-order valence-electron chi connectivity index (χ4n) is 1.73. The standard InChI is InChI=1S/C12H5Cl3N4OS/c13-6-4-7(14)9-10(19-21-18-9)8(6)17-12(20)5-2-1-3-16-11(5)15/h1-4H,(H,17,20). The lowest BCUT2D eigenvalue weighted by atomic mass is 10.2. The quantitative estimate of drug-likeness (QED) is 0.693. The Morgan fingerprint density at radius 2 is 1.90 bits per heavy atom. The Morgan fingerprint density at radius 1 is 1.14 bits per heavy atom. The van der Waals surface area contributed by atoms with Gasteiger partial charge in [0.05, 0.1) is 33.0 Å². The molecule has 3 rings (SSSR count). The minimum Gasteiger partial charge on any atom is -0.319 e. The Bertz CT molecular complexity index is 852. The van der Waals surface area contributed by atoms with Crippen LogP contribution in [0.2, 0.25) is 15.2 Å². The van der Waals surface area contributed by atoms with Gasteiger partial charge in [-0.05, 0) is 18.2 Å². The molecule has 0 fully saturated rings. The molecule has 0 atom stereocenters. The number of hydrogen-bond donors (Lipinski definition) is 1.